The van der Waals surface area contributed by atoms with Crippen molar-refractivity contribution in [2.24, 2.45) is 5.73 Å². The summed E-state index contributed by atoms with van der Waals surface area (Å²) in [6.45, 7) is 1.87. The number of carbonyl (C=O) groups excluding carboxylic acids is 1. The van der Waals surface area contributed by atoms with E-state index in [1.807, 2.05) is 0 Å². The van der Waals surface area contributed by atoms with Gasteiger partial charge in [-0.25, -0.2) is 4.79 Å². The average Bonchev–Trinajstić information content (AvgIpc) is 2.34. The van der Waals surface area contributed by atoms with E-state index >= 15 is 0 Å². The molecule has 1 atom stereocenters. The third kappa shape index (κ3) is 3.42. The molecule has 18 heavy (non-hydrogen) atoms. The molecule has 0 aliphatic heterocycles. The molecule has 1 aromatic rings. The fourth-order valence-corrected chi connectivity index (χ4v) is 1.25. The zero-order chi connectivity index (χ0) is 13.7. The molecule has 0 aromatic heterocycles. The number of ether oxygens (including phenoxy) is 2. The first kappa shape index (κ1) is 13.9. The Morgan fingerprint density at radius 1 is 1.56 bits per heavy atom. The second-order valence-electron chi connectivity index (χ2n) is 3.72. The van der Waals surface area contributed by atoms with Crippen molar-refractivity contribution in [1.82, 2.24) is 0 Å². The maximum atomic E-state index is 11.3. The van der Waals surface area contributed by atoms with Gasteiger partial charge in [0.15, 0.2) is 5.75 Å². The summed E-state index contributed by atoms with van der Waals surface area (Å²) >= 11 is 0. The number of esters is 1. The standard InChI is InChI=1S/C11H14N2O5/c1-7(12)6-18-10-4-3-8(11(14)17-2)5-9(10)13(15)16/h3-5,7H,6,12H2,1-2H3. The van der Waals surface area contributed by atoms with Gasteiger partial charge in [-0.2, -0.15) is 0 Å². The Hall–Kier alpha value is -2.15. The van der Waals surface area contributed by atoms with Crippen molar-refractivity contribution >= 4 is 11.7 Å². The topological polar surface area (TPSA) is 105 Å². The molecule has 1 unspecified atom stereocenters. The van der Waals surface area contributed by atoms with Gasteiger partial charge in [0.05, 0.1) is 17.6 Å². The lowest BCUT2D eigenvalue weighted by atomic mass is 10.2. The molecule has 7 heteroatoms. The minimum Gasteiger partial charge on any atom is -0.485 e. The van der Waals surface area contributed by atoms with Crippen LogP contribution < -0.4 is 10.5 Å². The maximum Gasteiger partial charge on any atom is 0.338 e. The molecule has 98 valence electrons. The summed E-state index contributed by atoms with van der Waals surface area (Å²) in [6.07, 6.45) is 0. The van der Waals surface area contributed by atoms with Crippen LogP contribution in [0.5, 0.6) is 5.75 Å². The van der Waals surface area contributed by atoms with Gasteiger partial charge in [-0.15, -0.1) is 0 Å². The zero-order valence-corrected chi connectivity index (χ0v) is 10.1. The van der Waals surface area contributed by atoms with Crippen LogP contribution in [0.25, 0.3) is 0 Å². The summed E-state index contributed by atoms with van der Waals surface area (Å²) in [4.78, 5) is 21.5. The monoisotopic (exact) mass is 254 g/mol. The summed E-state index contributed by atoms with van der Waals surface area (Å²) in [5.74, 6) is -0.568. The van der Waals surface area contributed by atoms with Crippen LogP contribution in [-0.4, -0.2) is 30.7 Å². The molecule has 2 N–H and O–H groups in total. The Morgan fingerprint density at radius 3 is 2.72 bits per heavy atom. The van der Waals surface area contributed by atoms with E-state index in [0.717, 1.165) is 6.07 Å². The highest BCUT2D eigenvalue weighted by molar-refractivity contribution is 5.90. The van der Waals surface area contributed by atoms with Gasteiger partial charge in [0.2, 0.25) is 0 Å². The van der Waals surface area contributed by atoms with E-state index in [1.165, 1.54) is 19.2 Å². The molecule has 0 fully saturated rings. The molecular formula is C11H14N2O5. The van der Waals surface area contributed by atoms with Crippen LogP contribution in [0.3, 0.4) is 0 Å². The van der Waals surface area contributed by atoms with Crippen LogP contribution in [0.1, 0.15) is 17.3 Å². The number of hydrogen-bond acceptors (Lipinski definition) is 6. The Labute approximate surface area is 104 Å². The molecule has 0 radical (unpaired) electrons. The Balaban J connectivity index is 3.04. The lowest BCUT2D eigenvalue weighted by molar-refractivity contribution is -0.385. The number of nitro benzene ring substituents is 1. The number of benzene rings is 1. The highest BCUT2D eigenvalue weighted by Crippen LogP contribution is 2.28. The van der Waals surface area contributed by atoms with E-state index in [9.17, 15) is 14.9 Å². The molecule has 1 aromatic carbocycles. The number of nitrogens with two attached hydrogens (primary N) is 1. The summed E-state index contributed by atoms with van der Waals surface area (Å²) in [5.41, 5.74) is 5.30. The molecule has 0 amide bonds. The van der Waals surface area contributed by atoms with Crippen molar-refractivity contribution < 1.29 is 19.2 Å². The number of nitro groups is 1. The van der Waals surface area contributed by atoms with Gasteiger partial charge in [-0.1, -0.05) is 0 Å². The van der Waals surface area contributed by atoms with Gasteiger partial charge < -0.3 is 15.2 Å². The first-order valence-corrected chi connectivity index (χ1v) is 5.21. The summed E-state index contributed by atoms with van der Waals surface area (Å²) in [6, 6.07) is 3.62. The van der Waals surface area contributed by atoms with Gasteiger partial charge in [-0.05, 0) is 19.1 Å². The second-order valence-corrected chi connectivity index (χ2v) is 3.72. The molecule has 7 nitrogen and oxygen atoms in total. The highest BCUT2D eigenvalue weighted by atomic mass is 16.6. The highest BCUT2D eigenvalue weighted by Gasteiger charge is 2.19. The van der Waals surface area contributed by atoms with Gasteiger partial charge >= 0.3 is 11.7 Å². The first-order valence-electron chi connectivity index (χ1n) is 5.21. The van der Waals surface area contributed by atoms with Crippen molar-refractivity contribution in [2.45, 2.75) is 13.0 Å². The van der Waals surface area contributed by atoms with Crippen LogP contribution >= 0.6 is 0 Å². The first-order chi connectivity index (χ1) is 8.45. The predicted octanol–water partition coefficient (Wildman–Crippen LogP) is 1.11. The van der Waals surface area contributed by atoms with Crippen molar-refractivity contribution in [3.63, 3.8) is 0 Å². The van der Waals surface area contributed by atoms with Gasteiger partial charge in [0, 0.05) is 12.1 Å². The molecule has 0 heterocycles. The van der Waals surface area contributed by atoms with Gasteiger partial charge in [0.1, 0.15) is 6.61 Å². The third-order valence-electron chi connectivity index (χ3n) is 2.08. The SMILES string of the molecule is COC(=O)c1ccc(OCC(C)N)c([N+](=O)[O-])c1. The quantitative estimate of drug-likeness (QED) is 0.479. The van der Waals surface area contributed by atoms with Crippen molar-refractivity contribution in [3.8, 4) is 5.75 Å². The van der Waals surface area contributed by atoms with E-state index in [0.29, 0.717) is 0 Å². The smallest absolute Gasteiger partial charge is 0.338 e. The van der Waals surface area contributed by atoms with E-state index in [4.69, 9.17) is 10.5 Å². The van der Waals surface area contributed by atoms with Crippen LogP contribution in [0.15, 0.2) is 18.2 Å². The summed E-state index contributed by atoms with van der Waals surface area (Å²) in [5, 5.41) is 10.9. The molecule has 0 aliphatic rings. The minimum absolute atomic E-state index is 0.0740. The van der Waals surface area contributed by atoms with E-state index in [2.05, 4.69) is 4.74 Å². The molecular weight excluding hydrogens is 240 g/mol. The number of nitrogens with zero attached hydrogens (tertiary/aromatic N) is 1. The fraction of sp³-hybridized carbons (Fsp3) is 0.364. The fourth-order valence-electron chi connectivity index (χ4n) is 1.25. The lowest BCUT2D eigenvalue weighted by Crippen LogP contribution is -2.23. The number of rotatable bonds is 5. The molecule has 0 saturated heterocycles. The Bertz CT molecular complexity index is 459. The summed E-state index contributed by atoms with van der Waals surface area (Å²) in [7, 11) is 1.20. The summed E-state index contributed by atoms with van der Waals surface area (Å²) < 4.78 is 9.70. The third-order valence-corrected chi connectivity index (χ3v) is 2.08. The molecule has 0 bridgehead atoms. The van der Waals surface area contributed by atoms with E-state index in [-0.39, 0.29) is 29.6 Å². The van der Waals surface area contributed by atoms with E-state index < -0.39 is 10.9 Å². The minimum atomic E-state index is -0.642. The maximum absolute atomic E-state index is 11.3. The number of hydrogen-bond donors (Lipinski definition) is 1. The van der Waals surface area contributed by atoms with Crippen LogP contribution in [0, 0.1) is 10.1 Å². The van der Waals surface area contributed by atoms with Crippen LogP contribution in [0.2, 0.25) is 0 Å². The van der Waals surface area contributed by atoms with Crippen molar-refractivity contribution in [2.75, 3.05) is 13.7 Å². The van der Waals surface area contributed by atoms with Crippen molar-refractivity contribution in [3.05, 3.63) is 33.9 Å². The number of methoxy groups -OCH3 is 1. The second kappa shape index (κ2) is 5.97. The van der Waals surface area contributed by atoms with Gasteiger partial charge in [-0.3, -0.25) is 10.1 Å². The zero-order valence-electron chi connectivity index (χ0n) is 10.1. The lowest BCUT2D eigenvalue weighted by Gasteiger charge is -2.09. The van der Waals surface area contributed by atoms with Crippen molar-refractivity contribution in [1.29, 1.82) is 0 Å². The number of carbonyl (C=O) groups is 1. The van der Waals surface area contributed by atoms with Gasteiger partial charge in [0.25, 0.3) is 0 Å². The molecule has 0 aliphatic carbocycles. The van der Waals surface area contributed by atoms with Crippen LogP contribution in [0.4, 0.5) is 5.69 Å². The Kier molecular flexibility index (Phi) is 4.61. The molecule has 0 saturated carbocycles. The van der Waals surface area contributed by atoms with Crippen LogP contribution in [-0.2, 0) is 4.74 Å². The normalized spacial score (nSPS) is 11.7. The predicted molar refractivity (Wildman–Crippen MR) is 63.6 cm³/mol. The van der Waals surface area contributed by atoms with E-state index in [1.54, 1.807) is 6.92 Å². The molecule has 1 rings (SSSR count). The molecule has 0 spiro atoms. The Morgan fingerprint density at radius 2 is 2.22 bits per heavy atom. The largest absolute Gasteiger partial charge is 0.485 e. The average molecular weight is 254 g/mol.